The van der Waals surface area contributed by atoms with Crippen LogP contribution in [0.15, 0.2) is 18.2 Å². The molecule has 2 aliphatic rings. The van der Waals surface area contributed by atoms with E-state index in [4.69, 9.17) is 4.74 Å². The zero-order valence-electron chi connectivity index (χ0n) is 13.9. The highest BCUT2D eigenvalue weighted by molar-refractivity contribution is 5.49. The molecule has 4 nitrogen and oxygen atoms in total. The third-order valence-electron chi connectivity index (χ3n) is 4.97. The summed E-state index contributed by atoms with van der Waals surface area (Å²) < 4.78 is 19.8. The van der Waals surface area contributed by atoms with Crippen molar-refractivity contribution in [1.29, 1.82) is 0 Å². The van der Waals surface area contributed by atoms with Gasteiger partial charge in [0.1, 0.15) is 5.82 Å². The van der Waals surface area contributed by atoms with Gasteiger partial charge in [0.05, 0.1) is 25.0 Å². The Kier molecular flexibility index (Phi) is 5.51. The molecule has 1 aromatic carbocycles. The Labute approximate surface area is 137 Å². The third kappa shape index (κ3) is 4.03. The first-order valence-corrected chi connectivity index (χ1v) is 8.68. The molecule has 1 N–H and O–H groups in total. The van der Waals surface area contributed by atoms with Gasteiger partial charge in [-0.3, -0.25) is 4.90 Å². The summed E-state index contributed by atoms with van der Waals surface area (Å²) in [6.45, 7) is 6.33. The summed E-state index contributed by atoms with van der Waals surface area (Å²) in [5, 5.41) is 9.96. The predicted octanol–water partition coefficient (Wildman–Crippen LogP) is 2.40. The topological polar surface area (TPSA) is 35.9 Å². The molecule has 0 spiro atoms. The Morgan fingerprint density at radius 1 is 1.26 bits per heavy atom. The monoisotopic (exact) mass is 322 g/mol. The molecule has 1 aromatic rings. The zero-order valence-corrected chi connectivity index (χ0v) is 13.9. The Balaban J connectivity index is 1.69. The number of piperidine rings is 1. The lowest BCUT2D eigenvalue weighted by molar-refractivity contribution is 0.0316. The molecule has 2 heterocycles. The summed E-state index contributed by atoms with van der Waals surface area (Å²) in [6.07, 6.45) is 2.99. The number of aliphatic hydroxyl groups is 1. The van der Waals surface area contributed by atoms with E-state index in [1.165, 1.54) is 0 Å². The molecule has 2 fully saturated rings. The van der Waals surface area contributed by atoms with Crippen LogP contribution in [0.5, 0.6) is 0 Å². The second kappa shape index (κ2) is 7.60. The van der Waals surface area contributed by atoms with Gasteiger partial charge in [-0.2, -0.15) is 0 Å². The number of hydrogen-bond acceptors (Lipinski definition) is 4. The van der Waals surface area contributed by atoms with Crippen molar-refractivity contribution in [2.75, 3.05) is 37.7 Å². The van der Waals surface area contributed by atoms with E-state index in [9.17, 15) is 9.50 Å². The number of halogens is 1. The maximum absolute atomic E-state index is 14.5. The van der Waals surface area contributed by atoms with Gasteiger partial charge in [0.15, 0.2) is 0 Å². The smallest absolute Gasteiger partial charge is 0.146 e. The number of hydrogen-bond donors (Lipinski definition) is 1. The lowest BCUT2D eigenvalue weighted by atomic mass is 9.97. The quantitative estimate of drug-likeness (QED) is 0.923. The highest BCUT2D eigenvalue weighted by Gasteiger charge is 2.26. The number of aliphatic hydroxyl groups excluding tert-OH is 1. The Morgan fingerprint density at radius 3 is 2.74 bits per heavy atom. The molecule has 0 aromatic heterocycles. The minimum Gasteiger partial charge on any atom is -0.392 e. The number of benzene rings is 1. The second-order valence-corrected chi connectivity index (χ2v) is 6.66. The molecule has 5 heteroatoms. The fourth-order valence-electron chi connectivity index (χ4n) is 3.70. The van der Waals surface area contributed by atoms with Crippen LogP contribution in [0.25, 0.3) is 0 Å². The van der Waals surface area contributed by atoms with Crippen LogP contribution in [0, 0.1) is 5.82 Å². The molecule has 128 valence electrons. The van der Waals surface area contributed by atoms with Gasteiger partial charge in [0.2, 0.25) is 0 Å². The van der Waals surface area contributed by atoms with E-state index in [1.54, 1.807) is 6.07 Å². The van der Waals surface area contributed by atoms with Crippen molar-refractivity contribution >= 4 is 5.69 Å². The van der Waals surface area contributed by atoms with E-state index in [0.29, 0.717) is 25.4 Å². The summed E-state index contributed by atoms with van der Waals surface area (Å²) in [5.74, 6) is -0.157. The van der Waals surface area contributed by atoms with Gasteiger partial charge in [-0.15, -0.1) is 0 Å². The standard InChI is InChI=1S/C18H27FN2O2/c1-14(22)17-4-2-3-7-21(17)13-15-5-6-18(16(19)12-15)20-8-10-23-11-9-20/h5-6,12,14,17,22H,2-4,7-11,13H2,1H3. The number of anilines is 1. The molecule has 23 heavy (non-hydrogen) atoms. The minimum absolute atomic E-state index is 0.157. The first-order chi connectivity index (χ1) is 11.1. The third-order valence-corrected chi connectivity index (χ3v) is 4.97. The fourth-order valence-corrected chi connectivity index (χ4v) is 3.70. The summed E-state index contributed by atoms with van der Waals surface area (Å²) in [6, 6.07) is 5.74. The maximum atomic E-state index is 14.5. The number of nitrogens with zero attached hydrogens (tertiary/aromatic N) is 2. The summed E-state index contributed by atoms with van der Waals surface area (Å²) in [5.41, 5.74) is 1.65. The van der Waals surface area contributed by atoms with Crippen LogP contribution in [0.4, 0.5) is 10.1 Å². The van der Waals surface area contributed by atoms with Crippen LogP contribution in [-0.2, 0) is 11.3 Å². The van der Waals surface area contributed by atoms with Crippen LogP contribution in [-0.4, -0.2) is 55.0 Å². The Morgan fingerprint density at radius 2 is 2.04 bits per heavy atom. The van der Waals surface area contributed by atoms with E-state index in [1.807, 2.05) is 24.0 Å². The molecule has 0 saturated carbocycles. The number of likely N-dealkylation sites (tertiary alicyclic amines) is 1. The number of rotatable bonds is 4. The average molecular weight is 322 g/mol. The van der Waals surface area contributed by atoms with Gasteiger partial charge in [-0.25, -0.2) is 4.39 Å². The molecule has 3 rings (SSSR count). The normalized spacial score (nSPS) is 24.7. The second-order valence-electron chi connectivity index (χ2n) is 6.66. The summed E-state index contributed by atoms with van der Waals surface area (Å²) in [4.78, 5) is 4.33. The summed E-state index contributed by atoms with van der Waals surface area (Å²) in [7, 11) is 0. The fraction of sp³-hybridized carbons (Fsp3) is 0.667. The van der Waals surface area contributed by atoms with Crippen LogP contribution in [0.1, 0.15) is 31.7 Å². The first-order valence-electron chi connectivity index (χ1n) is 8.68. The lowest BCUT2D eigenvalue weighted by Crippen LogP contribution is -2.45. The van der Waals surface area contributed by atoms with Crippen molar-refractivity contribution in [1.82, 2.24) is 4.90 Å². The van der Waals surface area contributed by atoms with Crippen LogP contribution in [0.2, 0.25) is 0 Å². The van der Waals surface area contributed by atoms with Crippen molar-refractivity contribution in [3.8, 4) is 0 Å². The summed E-state index contributed by atoms with van der Waals surface area (Å²) >= 11 is 0. The Hall–Kier alpha value is -1.17. The molecule has 2 unspecified atom stereocenters. The largest absolute Gasteiger partial charge is 0.392 e. The lowest BCUT2D eigenvalue weighted by Gasteiger charge is -2.37. The molecular weight excluding hydrogens is 295 g/mol. The van der Waals surface area contributed by atoms with Crippen LogP contribution in [0.3, 0.4) is 0 Å². The number of ether oxygens (including phenoxy) is 1. The van der Waals surface area contributed by atoms with Gasteiger partial charge < -0.3 is 14.7 Å². The highest BCUT2D eigenvalue weighted by atomic mass is 19.1. The predicted molar refractivity (Wildman–Crippen MR) is 89.2 cm³/mol. The maximum Gasteiger partial charge on any atom is 0.146 e. The van der Waals surface area contributed by atoms with E-state index < -0.39 is 0 Å². The van der Waals surface area contributed by atoms with Crippen molar-refractivity contribution in [3.05, 3.63) is 29.6 Å². The van der Waals surface area contributed by atoms with Crippen molar-refractivity contribution in [2.24, 2.45) is 0 Å². The van der Waals surface area contributed by atoms with Gasteiger partial charge in [0.25, 0.3) is 0 Å². The van der Waals surface area contributed by atoms with Gasteiger partial charge >= 0.3 is 0 Å². The van der Waals surface area contributed by atoms with Gasteiger partial charge in [-0.05, 0) is 44.0 Å². The SMILES string of the molecule is CC(O)C1CCCCN1Cc1ccc(N2CCOCC2)c(F)c1. The van der Waals surface area contributed by atoms with Gasteiger partial charge in [0, 0.05) is 25.7 Å². The Bertz CT molecular complexity index is 518. The van der Waals surface area contributed by atoms with E-state index in [-0.39, 0.29) is 18.0 Å². The van der Waals surface area contributed by atoms with Gasteiger partial charge in [-0.1, -0.05) is 12.5 Å². The highest BCUT2D eigenvalue weighted by Crippen LogP contribution is 2.25. The van der Waals surface area contributed by atoms with E-state index in [2.05, 4.69) is 4.90 Å². The van der Waals surface area contributed by atoms with Crippen molar-refractivity contribution in [2.45, 2.75) is 44.9 Å². The molecule has 0 amide bonds. The molecule has 0 bridgehead atoms. The van der Waals surface area contributed by atoms with Crippen LogP contribution < -0.4 is 4.90 Å². The van der Waals surface area contributed by atoms with Crippen molar-refractivity contribution in [3.63, 3.8) is 0 Å². The molecule has 2 atom stereocenters. The average Bonchev–Trinajstić information content (AvgIpc) is 2.56. The molecular formula is C18H27FN2O2. The first kappa shape index (κ1) is 16.7. The zero-order chi connectivity index (χ0) is 16.2. The molecule has 2 aliphatic heterocycles. The van der Waals surface area contributed by atoms with E-state index in [0.717, 1.165) is 44.5 Å². The van der Waals surface area contributed by atoms with Crippen LogP contribution >= 0.6 is 0 Å². The molecule has 2 saturated heterocycles. The van der Waals surface area contributed by atoms with E-state index >= 15 is 0 Å². The minimum atomic E-state index is -0.340. The molecule has 0 aliphatic carbocycles. The van der Waals surface area contributed by atoms with Crippen molar-refractivity contribution < 1.29 is 14.2 Å². The number of morpholine rings is 1. The molecule has 0 radical (unpaired) electrons.